The lowest BCUT2D eigenvalue weighted by Crippen LogP contribution is -2.39. The van der Waals surface area contributed by atoms with Crippen molar-refractivity contribution in [2.75, 3.05) is 11.9 Å². The SMILES string of the molecule is CCCC(N)CNC(=O)Nc1cccc(F)c1. The van der Waals surface area contributed by atoms with Crippen LogP contribution < -0.4 is 16.4 Å². The highest BCUT2D eigenvalue weighted by atomic mass is 19.1. The Kier molecular flexibility index (Phi) is 5.42. The first kappa shape index (κ1) is 13.4. The molecule has 0 spiro atoms. The van der Waals surface area contributed by atoms with Crippen molar-refractivity contribution in [3.63, 3.8) is 0 Å². The van der Waals surface area contributed by atoms with Crippen molar-refractivity contribution in [1.82, 2.24) is 5.32 Å². The van der Waals surface area contributed by atoms with E-state index in [2.05, 4.69) is 10.6 Å². The molecule has 2 amide bonds. The van der Waals surface area contributed by atoms with Crippen LogP contribution in [0, 0.1) is 5.82 Å². The minimum Gasteiger partial charge on any atom is -0.336 e. The van der Waals surface area contributed by atoms with Gasteiger partial charge in [0.25, 0.3) is 0 Å². The number of nitrogens with one attached hydrogen (secondary N) is 2. The van der Waals surface area contributed by atoms with Gasteiger partial charge in [-0.05, 0) is 24.6 Å². The van der Waals surface area contributed by atoms with E-state index >= 15 is 0 Å². The number of anilines is 1. The van der Waals surface area contributed by atoms with Gasteiger partial charge in [-0.15, -0.1) is 0 Å². The molecule has 1 unspecified atom stereocenters. The third-order valence-electron chi connectivity index (χ3n) is 2.27. The largest absolute Gasteiger partial charge is 0.336 e. The van der Waals surface area contributed by atoms with Gasteiger partial charge in [0, 0.05) is 18.3 Å². The molecule has 17 heavy (non-hydrogen) atoms. The predicted molar refractivity (Wildman–Crippen MR) is 66.3 cm³/mol. The Hall–Kier alpha value is -1.62. The van der Waals surface area contributed by atoms with E-state index in [1.807, 2.05) is 6.92 Å². The number of urea groups is 1. The average Bonchev–Trinajstić information content (AvgIpc) is 2.27. The number of nitrogens with two attached hydrogens (primary N) is 1. The summed E-state index contributed by atoms with van der Waals surface area (Å²) in [4.78, 5) is 11.4. The molecule has 1 aromatic rings. The van der Waals surface area contributed by atoms with Crippen molar-refractivity contribution < 1.29 is 9.18 Å². The molecular formula is C12H18FN3O. The molecule has 0 aliphatic carbocycles. The highest BCUT2D eigenvalue weighted by Crippen LogP contribution is 2.08. The van der Waals surface area contributed by atoms with Gasteiger partial charge < -0.3 is 16.4 Å². The molecule has 4 N–H and O–H groups in total. The summed E-state index contributed by atoms with van der Waals surface area (Å²) in [6.07, 6.45) is 1.84. The minimum atomic E-state index is -0.384. The predicted octanol–water partition coefficient (Wildman–Crippen LogP) is 2.07. The second kappa shape index (κ2) is 6.85. The van der Waals surface area contributed by atoms with Gasteiger partial charge >= 0.3 is 6.03 Å². The van der Waals surface area contributed by atoms with Gasteiger partial charge in [-0.1, -0.05) is 19.4 Å². The normalized spacial score (nSPS) is 11.9. The highest BCUT2D eigenvalue weighted by Gasteiger charge is 2.05. The van der Waals surface area contributed by atoms with E-state index in [1.54, 1.807) is 6.07 Å². The molecule has 0 heterocycles. The van der Waals surface area contributed by atoms with Crippen molar-refractivity contribution in [3.05, 3.63) is 30.1 Å². The number of carbonyl (C=O) groups is 1. The molecule has 0 aliphatic heterocycles. The lowest BCUT2D eigenvalue weighted by atomic mass is 10.2. The van der Waals surface area contributed by atoms with Gasteiger partial charge in [-0.2, -0.15) is 0 Å². The molecule has 0 bridgehead atoms. The van der Waals surface area contributed by atoms with Crippen molar-refractivity contribution in [1.29, 1.82) is 0 Å². The van der Waals surface area contributed by atoms with Crippen LogP contribution in [0.2, 0.25) is 0 Å². The molecule has 0 aromatic heterocycles. The van der Waals surface area contributed by atoms with Crippen LogP contribution in [0.5, 0.6) is 0 Å². The summed E-state index contributed by atoms with van der Waals surface area (Å²) in [5.41, 5.74) is 6.17. The molecule has 0 saturated carbocycles. The first-order valence-electron chi connectivity index (χ1n) is 5.67. The fraction of sp³-hybridized carbons (Fsp3) is 0.417. The third-order valence-corrected chi connectivity index (χ3v) is 2.27. The number of amides is 2. The Bertz CT molecular complexity index is 371. The standard InChI is InChI=1S/C12H18FN3O/c1-2-4-10(14)8-15-12(17)16-11-6-3-5-9(13)7-11/h3,5-7,10H,2,4,8,14H2,1H3,(H2,15,16,17). The summed E-state index contributed by atoms with van der Waals surface area (Å²) in [5.74, 6) is -0.384. The van der Waals surface area contributed by atoms with Crippen LogP contribution in [0.4, 0.5) is 14.9 Å². The van der Waals surface area contributed by atoms with Gasteiger partial charge in [0.2, 0.25) is 0 Å². The van der Waals surface area contributed by atoms with Gasteiger partial charge in [0.15, 0.2) is 0 Å². The molecule has 4 nitrogen and oxygen atoms in total. The van der Waals surface area contributed by atoms with Crippen molar-refractivity contribution in [3.8, 4) is 0 Å². The van der Waals surface area contributed by atoms with E-state index in [1.165, 1.54) is 18.2 Å². The summed E-state index contributed by atoms with van der Waals surface area (Å²) in [5, 5.41) is 5.17. The lowest BCUT2D eigenvalue weighted by molar-refractivity contribution is 0.251. The molecule has 0 saturated heterocycles. The summed E-state index contributed by atoms with van der Waals surface area (Å²) in [7, 11) is 0. The van der Waals surface area contributed by atoms with E-state index in [9.17, 15) is 9.18 Å². The smallest absolute Gasteiger partial charge is 0.319 e. The van der Waals surface area contributed by atoms with Gasteiger partial charge in [-0.25, -0.2) is 9.18 Å². The summed E-state index contributed by atoms with van der Waals surface area (Å²) in [6.45, 7) is 2.45. The van der Waals surface area contributed by atoms with Crippen LogP contribution in [-0.4, -0.2) is 18.6 Å². The number of rotatable bonds is 5. The van der Waals surface area contributed by atoms with E-state index in [0.29, 0.717) is 12.2 Å². The second-order valence-electron chi connectivity index (χ2n) is 3.89. The number of carbonyl (C=O) groups excluding carboxylic acids is 1. The number of halogens is 1. The van der Waals surface area contributed by atoms with E-state index in [4.69, 9.17) is 5.73 Å². The number of benzene rings is 1. The van der Waals surface area contributed by atoms with Crippen molar-refractivity contribution in [2.24, 2.45) is 5.73 Å². The van der Waals surface area contributed by atoms with E-state index in [0.717, 1.165) is 12.8 Å². The molecule has 0 aliphatic rings. The minimum absolute atomic E-state index is 0.0433. The molecule has 0 radical (unpaired) electrons. The Morgan fingerprint density at radius 2 is 2.29 bits per heavy atom. The fourth-order valence-corrected chi connectivity index (χ4v) is 1.44. The van der Waals surface area contributed by atoms with Crippen LogP contribution in [0.1, 0.15) is 19.8 Å². The van der Waals surface area contributed by atoms with Crippen molar-refractivity contribution >= 4 is 11.7 Å². The summed E-state index contributed by atoms with van der Waals surface area (Å²) in [6, 6.07) is 5.31. The Labute approximate surface area is 100 Å². The monoisotopic (exact) mass is 239 g/mol. The molecule has 1 rings (SSSR count). The quantitative estimate of drug-likeness (QED) is 0.736. The van der Waals surface area contributed by atoms with E-state index in [-0.39, 0.29) is 17.9 Å². The van der Waals surface area contributed by atoms with Crippen molar-refractivity contribution in [2.45, 2.75) is 25.8 Å². The first-order valence-corrected chi connectivity index (χ1v) is 5.67. The molecule has 5 heteroatoms. The molecule has 0 fully saturated rings. The maximum atomic E-state index is 12.8. The maximum absolute atomic E-state index is 12.8. The Morgan fingerprint density at radius 3 is 2.94 bits per heavy atom. The van der Waals surface area contributed by atoms with Crippen LogP contribution in [-0.2, 0) is 0 Å². The first-order chi connectivity index (χ1) is 8.11. The lowest BCUT2D eigenvalue weighted by Gasteiger charge is -2.12. The van der Waals surface area contributed by atoms with Gasteiger partial charge in [-0.3, -0.25) is 0 Å². The van der Waals surface area contributed by atoms with E-state index < -0.39 is 0 Å². The number of hydrogen-bond donors (Lipinski definition) is 3. The van der Waals surface area contributed by atoms with Crippen LogP contribution in [0.25, 0.3) is 0 Å². The maximum Gasteiger partial charge on any atom is 0.319 e. The topological polar surface area (TPSA) is 67.1 Å². The van der Waals surface area contributed by atoms with Gasteiger partial charge in [0.1, 0.15) is 5.82 Å². The van der Waals surface area contributed by atoms with Crippen LogP contribution >= 0.6 is 0 Å². The highest BCUT2D eigenvalue weighted by molar-refractivity contribution is 5.89. The zero-order valence-electron chi connectivity index (χ0n) is 9.87. The molecule has 1 aromatic carbocycles. The summed E-state index contributed by atoms with van der Waals surface area (Å²) >= 11 is 0. The summed E-state index contributed by atoms with van der Waals surface area (Å²) < 4.78 is 12.8. The average molecular weight is 239 g/mol. The molecular weight excluding hydrogens is 221 g/mol. The van der Waals surface area contributed by atoms with Crippen LogP contribution in [0.3, 0.4) is 0 Å². The van der Waals surface area contributed by atoms with Crippen LogP contribution in [0.15, 0.2) is 24.3 Å². The number of hydrogen-bond acceptors (Lipinski definition) is 2. The fourth-order valence-electron chi connectivity index (χ4n) is 1.44. The Morgan fingerprint density at radius 1 is 1.53 bits per heavy atom. The molecule has 94 valence electrons. The van der Waals surface area contributed by atoms with Gasteiger partial charge in [0.05, 0.1) is 0 Å². The molecule has 1 atom stereocenters. The Balaban J connectivity index is 2.34. The zero-order valence-corrected chi connectivity index (χ0v) is 9.87. The third kappa shape index (κ3) is 5.31. The second-order valence-corrected chi connectivity index (χ2v) is 3.89. The zero-order chi connectivity index (χ0) is 12.7.